The average molecular weight is 360 g/mol. The number of ether oxygens (including phenoxy) is 2. The van der Waals surface area contributed by atoms with Crippen molar-refractivity contribution in [1.82, 2.24) is 0 Å². The Morgan fingerprint density at radius 3 is 2.40 bits per heavy atom. The summed E-state index contributed by atoms with van der Waals surface area (Å²) in [6.45, 7) is 3.12. The fourth-order valence-electron chi connectivity index (χ4n) is 2.48. The summed E-state index contributed by atoms with van der Waals surface area (Å²) in [7, 11) is -3.20. The van der Waals surface area contributed by atoms with Crippen LogP contribution in [0.1, 0.15) is 18.9 Å². The molecule has 1 heterocycles. The number of hydrogen-bond acceptors (Lipinski definition) is 6. The number of hydrogen-bond donors (Lipinski definition) is 1. The smallest absolute Gasteiger partial charge is 0.175 e. The Bertz CT molecular complexity index is 890. The molecule has 0 aliphatic carbocycles. The third kappa shape index (κ3) is 4.11. The lowest BCUT2D eigenvalue weighted by atomic mass is 10.1. The molecule has 0 spiro atoms. The van der Waals surface area contributed by atoms with Crippen LogP contribution in [0, 0.1) is 0 Å². The van der Waals surface area contributed by atoms with Crippen molar-refractivity contribution in [2.45, 2.75) is 18.2 Å². The fraction of sp³-hybridized carbons (Fsp3) is 0.278. The summed E-state index contributed by atoms with van der Waals surface area (Å²) < 4.78 is 34.1. The minimum absolute atomic E-state index is 0.282. The van der Waals surface area contributed by atoms with E-state index in [4.69, 9.17) is 9.47 Å². The monoisotopic (exact) mass is 360 g/mol. The lowest BCUT2D eigenvalue weighted by Crippen LogP contribution is -2.16. The summed E-state index contributed by atoms with van der Waals surface area (Å²) in [6, 6.07) is 12.3. The van der Waals surface area contributed by atoms with Gasteiger partial charge in [-0.25, -0.2) is 8.42 Å². The number of fused-ring (bicyclic) bond motifs is 1. The van der Waals surface area contributed by atoms with Crippen LogP contribution in [0.5, 0.6) is 11.5 Å². The van der Waals surface area contributed by atoms with Crippen LogP contribution < -0.4 is 14.9 Å². The molecule has 2 aromatic carbocycles. The van der Waals surface area contributed by atoms with Crippen LogP contribution in [0.2, 0.25) is 0 Å². The van der Waals surface area contributed by atoms with Gasteiger partial charge in [-0.3, -0.25) is 5.43 Å². The molecule has 3 rings (SSSR count). The summed E-state index contributed by atoms with van der Waals surface area (Å²) in [4.78, 5) is 0.282. The highest BCUT2D eigenvalue weighted by Gasteiger charge is 2.13. The number of nitrogens with zero attached hydrogens (tertiary/aromatic N) is 1. The normalized spacial score (nSPS) is 14.2. The molecule has 7 heteroatoms. The third-order valence-electron chi connectivity index (χ3n) is 3.81. The first kappa shape index (κ1) is 17.3. The van der Waals surface area contributed by atoms with E-state index in [9.17, 15) is 8.42 Å². The van der Waals surface area contributed by atoms with E-state index in [1.807, 2.05) is 25.1 Å². The Balaban J connectivity index is 1.79. The molecule has 1 aliphatic rings. The zero-order valence-electron chi connectivity index (χ0n) is 14.2. The molecule has 0 atom stereocenters. The minimum Gasteiger partial charge on any atom is -0.486 e. The standard InChI is InChI=1S/C18H20N2O4S/c1-3-16(13-4-9-17-18(12-13)24-11-10-23-17)20-19-14-5-7-15(8-6-14)25(2,21)22/h4-9,12,19H,3,10-11H2,1-2H3/b20-16+. The first-order valence-electron chi connectivity index (χ1n) is 8.00. The molecule has 0 amide bonds. The van der Waals surface area contributed by atoms with E-state index in [0.717, 1.165) is 34.9 Å². The zero-order valence-corrected chi connectivity index (χ0v) is 15.0. The maximum absolute atomic E-state index is 11.5. The first-order valence-corrected chi connectivity index (χ1v) is 9.89. The van der Waals surface area contributed by atoms with Gasteiger partial charge in [0, 0.05) is 11.8 Å². The quantitative estimate of drug-likeness (QED) is 0.655. The van der Waals surface area contributed by atoms with Crippen molar-refractivity contribution < 1.29 is 17.9 Å². The Morgan fingerprint density at radius 1 is 1.08 bits per heavy atom. The van der Waals surface area contributed by atoms with E-state index in [-0.39, 0.29) is 4.90 Å². The van der Waals surface area contributed by atoms with Gasteiger partial charge in [0.05, 0.1) is 16.3 Å². The largest absolute Gasteiger partial charge is 0.486 e. The van der Waals surface area contributed by atoms with Gasteiger partial charge in [0.25, 0.3) is 0 Å². The van der Waals surface area contributed by atoms with Crippen LogP contribution in [0.3, 0.4) is 0 Å². The second-order valence-electron chi connectivity index (χ2n) is 5.68. The van der Waals surface area contributed by atoms with Gasteiger partial charge in [-0.2, -0.15) is 5.10 Å². The average Bonchev–Trinajstić information content (AvgIpc) is 2.62. The molecule has 0 radical (unpaired) electrons. The summed E-state index contributed by atoms with van der Waals surface area (Å²) in [5, 5.41) is 4.44. The number of nitrogens with one attached hydrogen (secondary N) is 1. The van der Waals surface area contributed by atoms with Crippen molar-refractivity contribution in [3.8, 4) is 11.5 Å². The molecule has 25 heavy (non-hydrogen) atoms. The van der Waals surface area contributed by atoms with Gasteiger partial charge in [-0.15, -0.1) is 0 Å². The number of sulfone groups is 1. The number of benzene rings is 2. The van der Waals surface area contributed by atoms with Gasteiger partial charge in [-0.05, 0) is 48.9 Å². The molecular weight excluding hydrogens is 340 g/mol. The predicted octanol–water partition coefficient (Wildman–Crippen LogP) is 3.09. The SMILES string of the molecule is CC/C(=N\Nc1ccc(S(C)(=O)=O)cc1)c1ccc2c(c1)OCCO2. The van der Waals surface area contributed by atoms with Crippen LogP contribution in [-0.2, 0) is 9.84 Å². The molecule has 0 saturated heterocycles. The van der Waals surface area contributed by atoms with Crippen molar-refractivity contribution in [1.29, 1.82) is 0 Å². The predicted molar refractivity (Wildman–Crippen MR) is 97.4 cm³/mol. The molecule has 132 valence electrons. The van der Waals surface area contributed by atoms with Crippen LogP contribution in [0.4, 0.5) is 5.69 Å². The van der Waals surface area contributed by atoms with Crippen molar-refractivity contribution in [3.05, 3.63) is 48.0 Å². The second kappa shape index (κ2) is 7.14. The topological polar surface area (TPSA) is 77.0 Å². The van der Waals surface area contributed by atoms with Gasteiger partial charge >= 0.3 is 0 Å². The van der Waals surface area contributed by atoms with Crippen molar-refractivity contribution >= 4 is 21.2 Å². The van der Waals surface area contributed by atoms with Crippen LogP contribution >= 0.6 is 0 Å². The molecule has 0 aromatic heterocycles. The van der Waals surface area contributed by atoms with E-state index in [2.05, 4.69) is 10.5 Å². The number of rotatable bonds is 5. The Labute approximate surface area is 147 Å². The van der Waals surface area contributed by atoms with Gasteiger partial charge in [0.2, 0.25) is 0 Å². The van der Waals surface area contributed by atoms with Crippen LogP contribution in [-0.4, -0.2) is 33.6 Å². The first-order chi connectivity index (χ1) is 12.0. The molecule has 0 fully saturated rings. The molecular formula is C18H20N2O4S. The molecule has 1 aliphatic heterocycles. The minimum atomic E-state index is -3.20. The van der Waals surface area contributed by atoms with E-state index in [1.165, 1.54) is 6.26 Å². The molecule has 0 bridgehead atoms. The highest BCUT2D eigenvalue weighted by Crippen LogP contribution is 2.31. The maximum atomic E-state index is 11.5. The van der Waals surface area contributed by atoms with Gasteiger partial charge in [0.1, 0.15) is 13.2 Å². The van der Waals surface area contributed by atoms with E-state index >= 15 is 0 Å². The molecule has 0 unspecified atom stereocenters. The van der Waals surface area contributed by atoms with Gasteiger partial charge in [-0.1, -0.05) is 6.92 Å². The summed E-state index contributed by atoms with van der Waals surface area (Å²) in [5.41, 5.74) is 5.51. The fourth-order valence-corrected chi connectivity index (χ4v) is 3.11. The molecule has 2 aromatic rings. The van der Waals surface area contributed by atoms with Crippen molar-refractivity contribution in [2.75, 3.05) is 24.9 Å². The Hall–Kier alpha value is -2.54. The Morgan fingerprint density at radius 2 is 1.76 bits per heavy atom. The number of anilines is 1. The van der Waals surface area contributed by atoms with Gasteiger partial charge in [0.15, 0.2) is 21.3 Å². The summed E-state index contributed by atoms with van der Waals surface area (Å²) in [6.07, 6.45) is 1.92. The number of hydrazone groups is 1. The van der Waals surface area contributed by atoms with Gasteiger partial charge < -0.3 is 9.47 Å². The third-order valence-corrected chi connectivity index (χ3v) is 4.94. The highest BCUT2D eigenvalue weighted by molar-refractivity contribution is 7.90. The second-order valence-corrected chi connectivity index (χ2v) is 7.69. The summed E-state index contributed by atoms with van der Waals surface area (Å²) >= 11 is 0. The lowest BCUT2D eigenvalue weighted by molar-refractivity contribution is 0.171. The summed E-state index contributed by atoms with van der Waals surface area (Å²) in [5.74, 6) is 1.47. The zero-order chi connectivity index (χ0) is 17.9. The lowest BCUT2D eigenvalue weighted by Gasteiger charge is -2.19. The molecule has 1 N–H and O–H groups in total. The van der Waals surface area contributed by atoms with E-state index in [1.54, 1.807) is 24.3 Å². The van der Waals surface area contributed by atoms with Crippen molar-refractivity contribution in [3.63, 3.8) is 0 Å². The van der Waals surface area contributed by atoms with Crippen LogP contribution in [0.25, 0.3) is 0 Å². The van der Waals surface area contributed by atoms with Crippen molar-refractivity contribution in [2.24, 2.45) is 5.10 Å². The van der Waals surface area contributed by atoms with E-state index in [0.29, 0.717) is 13.2 Å². The van der Waals surface area contributed by atoms with Crippen LogP contribution in [0.15, 0.2) is 52.5 Å². The molecule has 0 saturated carbocycles. The van der Waals surface area contributed by atoms with E-state index < -0.39 is 9.84 Å². The molecule has 6 nitrogen and oxygen atoms in total. The highest BCUT2D eigenvalue weighted by atomic mass is 32.2. The Kier molecular flexibility index (Phi) is 4.94. The maximum Gasteiger partial charge on any atom is 0.175 e.